The van der Waals surface area contributed by atoms with Crippen LogP contribution in [0.15, 0.2) is 4.99 Å². The molecule has 2 bridgehead atoms. The van der Waals surface area contributed by atoms with E-state index in [9.17, 15) is 0 Å². The molecule has 2 N–H and O–H groups in total. The van der Waals surface area contributed by atoms with Gasteiger partial charge in [0.15, 0.2) is 5.96 Å². The molecule has 0 amide bonds. The Morgan fingerprint density at radius 3 is 2.95 bits per heavy atom. The number of hydrogen-bond donors (Lipinski definition) is 2. The van der Waals surface area contributed by atoms with Crippen LogP contribution in [0.1, 0.15) is 38.5 Å². The highest BCUT2D eigenvalue weighted by molar-refractivity contribution is 5.80. The quantitative estimate of drug-likeness (QED) is 0.418. The average molecular weight is 311 g/mol. The highest BCUT2D eigenvalue weighted by Crippen LogP contribution is 2.34. The summed E-state index contributed by atoms with van der Waals surface area (Å²) in [5.74, 6) is 0.875. The van der Waals surface area contributed by atoms with Gasteiger partial charge in [-0.05, 0) is 38.5 Å². The summed E-state index contributed by atoms with van der Waals surface area (Å²) in [6.45, 7) is 3.26. The third-order valence-electron chi connectivity index (χ3n) is 4.74. The zero-order valence-electron chi connectivity index (χ0n) is 13.6. The zero-order chi connectivity index (χ0) is 15.2. The van der Waals surface area contributed by atoms with E-state index in [0.29, 0.717) is 24.4 Å². The lowest BCUT2D eigenvalue weighted by molar-refractivity contribution is 0.0168. The number of hydrogen-bond acceptors (Lipinski definition) is 4. The molecule has 6 nitrogen and oxygen atoms in total. The molecule has 0 radical (unpaired) electrons. The van der Waals surface area contributed by atoms with Crippen molar-refractivity contribution >= 4 is 5.96 Å². The molecule has 0 saturated carbocycles. The van der Waals surface area contributed by atoms with Crippen molar-refractivity contribution in [3.63, 3.8) is 0 Å². The average Bonchev–Trinajstić information content (AvgIpc) is 3.26. The molecular formula is C16H29N3O3. The van der Waals surface area contributed by atoms with Gasteiger partial charge in [-0.1, -0.05) is 0 Å². The Balaban J connectivity index is 1.24. The van der Waals surface area contributed by atoms with Gasteiger partial charge < -0.3 is 24.8 Å². The highest BCUT2D eigenvalue weighted by atomic mass is 16.5. The fourth-order valence-corrected chi connectivity index (χ4v) is 3.53. The molecule has 0 aliphatic carbocycles. The van der Waals surface area contributed by atoms with E-state index >= 15 is 0 Å². The number of fused-ring (bicyclic) bond motifs is 2. The maximum absolute atomic E-state index is 5.86. The third-order valence-corrected chi connectivity index (χ3v) is 4.74. The van der Waals surface area contributed by atoms with E-state index in [1.54, 1.807) is 0 Å². The van der Waals surface area contributed by atoms with Crippen molar-refractivity contribution in [2.24, 2.45) is 4.99 Å². The first-order chi connectivity index (χ1) is 10.8. The van der Waals surface area contributed by atoms with Crippen LogP contribution in [0.2, 0.25) is 0 Å². The minimum Gasteiger partial charge on any atom is -0.379 e. The third kappa shape index (κ3) is 4.33. The van der Waals surface area contributed by atoms with Gasteiger partial charge in [-0.25, -0.2) is 0 Å². The number of aliphatic imine (C=N–C) groups is 1. The van der Waals surface area contributed by atoms with Crippen molar-refractivity contribution in [1.82, 2.24) is 10.6 Å². The summed E-state index contributed by atoms with van der Waals surface area (Å²) in [5, 5.41) is 6.84. The highest BCUT2D eigenvalue weighted by Gasteiger charge is 2.41. The van der Waals surface area contributed by atoms with Crippen molar-refractivity contribution < 1.29 is 14.2 Å². The van der Waals surface area contributed by atoms with Crippen LogP contribution in [-0.2, 0) is 14.2 Å². The normalized spacial score (nSPS) is 34.3. The summed E-state index contributed by atoms with van der Waals surface area (Å²) < 4.78 is 17.1. The number of ether oxygens (including phenoxy) is 3. The molecule has 3 saturated heterocycles. The van der Waals surface area contributed by atoms with E-state index in [0.717, 1.165) is 51.6 Å². The number of nitrogens with one attached hydrogen (secondary N) is 2. The fraction of sp³-hybridized carbons (Fsp3) is 0.938. The second-order valence-electron chi connectivity index (χ2n) is 6.42. The Labute approximate surface area is 133 Å². The number of guanidine groups is 1. The van der Waals surface area contributed by atoms with Crippen LogP contribution < -0.4 is 10.6 Å². The molecule has 0 aromatic heterocycles. The maximum Gasteiger partial charge on any atom is 0.191 e. The van der Waals surface area contributed by atoms with Gasteiger partial charge in [0.25, 0.3) is 0 Å². The molecule has 3 heterocycles. The van der Waals surface area contributed by atoms with Gasteiger partial charge in [-0.2, -0.15) is 0 Å². The molecule has 3 aliphatic rings. The second kappa shape index (κ2) is 8.13. The molecule has 6 heteroatoms. The van der Waals surface area contributed by atoms with Gasteiger partial charge in [0, 0.05) is 26.8 Å². The van der Waals surface area contributed by atoms with Gasteiger partial charge in [-0.15, -0.1) is 0 Å². The summed E-state index contributed by atoms with van der Waals surface area (Å²) in [5.41, 5.74) is 0. The van der Waals surface area contributed by atoms with Gasteiger partial charge in [0.1, 0.15) is 0 Å². The lowest BCUT2D eigenvalue weighted by Crippen LogP contribution is -2.47. The smallest absolute Gasteiger partial charge is 0.191 e. The van der Waals surface area contributed by atoms with E-state index in [1.807, 2.05) is 7.05 Å². The first kappa shape index (κ1) is 16.0. The second-order valence-corrected chi connectivity index (χ2v) is 6.42. The summed E-state index contributed by atoms with van der Waals surface area (Å²) in [7, 11) is 1.82. The summed E-state index contributed by atoms with van der Waals surface area (Å²) in [6, 6.07) is 0.417. The SMILES string of the molecule is CN=C(NCCCOCC1CCCO1)NC1CC2CCC1O2. The largest absolute Gasteiger partial charge is 0.379 e. The lowest BCUT2D eigenvalue weighted by atomic mass is 9.96. The standard InChI is InChI=1S/C16H29N3O3/c1-17-16(19-14-10-12-5-6-15(14)22-12)18-7-3-8-20-11-13-4-2-9-21-13/h12-15H,2-11H2,1H3,(H2,17,18,19). The van der Waals surface area contributed by atoms with E-state index in [-0.39, 0.29) is 0 Å². The van der Waals surface area contributed by atoms with E-state index in [4.69, 9.17) is 14.2 Å². The number of nitrogens with zero attached hydrogens (tertiary/aromatic N) is 1. The van der Waals surface area contributed by atoms with E-state index in [1.165, 1.54) is 19.3 Å². The lowest BCUT2D eigenvalue weighted by Gasteiger charge is -2.22. The van der Waals surface area contributed by atoms with Crippen LogP contribution in [0, 0.1) is 0 Å². The van der Waals surface area contributed by atoms with Crippen LogP contribution in [0.3, 0.4) is 0 Å². The van der Waals surface area contributed by atoms with Crippen molar-refractivity contribution in [3.05, 3.63) is 0 Å². The Morgan fingerprint density at radius 1 is 1.32 bits per heavy atom. The molecule has 126 valence electrons. The van der Waals surface area contributed by atoms with Crippen molar-refractivity contribution in [1.29, 1.82) is 0 Å². The van der Waals surface area contributed by atoms with Crippen molar-refractivity contribution in [2.75, 3.05) is 33.4 Å². The molecule has 3 rings (SSSR count). The molecule has 0 aromatic carbocycles. The first-order valence-electron chi connectivity index (χ1n) is 8.67. The molecule has 3 fully saturated rings. The zero-order valence-corrected chi connectivity index (χ0v) is 13.6. The number of rotatable bonds is 7. The Bertz CT molecular complexity index is 372. The summed E-state index contributed by atoms with van der Waals surface area (Å²) in [6.07, 6.45) is 7.94. The van der Waals surface area contributed by atoms with Crippen LogP contribution in [0.25, 0.3) is 0 Å². The molecular weight excluding hydrogens is 282 g/mol. The Hall–Kier alpha value is -0.850. The van der Waals surface area contributed by atoms with Gasteiger partial charge >= 0.3 is 0 Å². The topological polar surface area (TPSA) is 64.1 Å². The molecule has 4 unspecified atom stereocenters. The minimum atomic E-state index is 0.320. The van der Waals surface area contributed by atoms with Gasteiger partial charge in [0.2, 0.25) is 0 Å². The Morgan fingerprint density at radius 2 is 2.27 bits per heavy atom. The van der Waals surface area contributed by atoms with Crippen molar-refractivity contribution in [3.8, 4) is 0 Å². The molecule has 3 aliphatic heterocycles. The maximum atomic E-state index is 5.86. The predicted molar refractivity (Wildman–Crippen MR) is 85.2 cm³/mol. The first-order valence-corrected chi connectivity index (χ1v) is 8.67. The van der Waals surface area contributed by atoms with Crippen LogP contribution in [-0.4, -0.2) is 63.7 Å². The molecule has 22 heavy (non-hydrogen) atoms. The predicted octanol–water partition coefficient (Wildman–Crippen LogP) is 1.06. The Kier molecular flexibility index (Phi) is 5.92. The summed E-state index contributed by atoms with van der Waals surface area (Å²) in [4.78, 5) is 4.29. The fourth-order valence-electron chi connectivity index (χ4n) is 3.53. The van der Waals surface area contributed by atoms with Gasteiger partial charge in [0.05, 0.1) is 31.0 Å². The van der Waals surface area contributed by atoms with E-state index < -0.39 is 0 Å². The molecule has 0 spiro atoms. The molecule has 4 atom stereocenters. The van der Waals surface area contributed by atoms with Gasteiger partial charge in [-0.3, -0.25) is 4.99 Å². The monoisotopic (exact) mass is 311 g/mol. The van der Waals surface area contributed by atoms with Crippen molar-refractivity contribution in [2.45, 2.75) is 62.9 Å². The molecule has 0 aromatic rings. The van der Waals surface area contributed by atoms with Crippen LogP contribution in [0.4, 0.5) is 0 Å². The minimum absolute atomic E-state index is 0.320. The summed E-state index contributed by atoms with van der Waals surface area (Å²) >= 11 is 0. The van der Waals surface area contributed by atoms with E-state index in [2.05, 4.69) is 15.6 Å². The van der Waals surface area contributed by atoms with Crippen LogP contribution >= 0.6 is 0 Å². The van der Waals surface area contributed by atoms with Crippen LogP contribution in [0.5, 0.6) is 0 Å².